The first-order valence-corrected chi connectivity index (χ1v) is 7.54. The van der Waals surface area contributed by atoms with Gasteiger partial charge in [-0.1, -0.05) is 0 Å². The summed E-state index contributed by atoms with van der Waals surface area (Å²) in [4.78, 5) is 0. The summed E-state index contributed by atoms with van der Waals surface area (Å²) in [5.41, 5.74) is 2.36. The topological polar surface area (TPSA) is 17.8 Å². The number of hydrogen-bond donors (Lipinski definition) is 0. The average Bonchev–Trinajstić information content (AvgIpc) is 2.51. The van der Waals surface area contributed by atoms with Crippen LogP contribution in [0.5, 0.6) is 0 Å². The Kier molecular flexibility index (Phi) is 6.09. The maximum absolute atomic E-state index is 5.64. The molecule has 2 nitrogen and oxygen atoms in total. The second kappa shape index (κ2) is 6.81. The standard InChI is InChI=1S/C10H16BrClN2S/c1-3-14-9(7-15-6-4-5-12)10(11)8(2)13-14/h3-7H2,1-2H3. The fraction of sp³-hybridized carbons (Fsp3) is 0.700. The molecule has 0 amide bonds. The van der Waals surface area contributed by atoms with Gasteiger partial charge in [-0.2, -0.15) is 16.9 Å². The summed E-state index contributed by atoms with van der Waals surface area (Å²) in [6.45, 7) is 5.08. The Morgan fingerprint density at radius 2 is 2.27 bits per heavy atom. The molecule has 0 aliphatic rings. The lowest BCUT2D eigenvalue weighted by molar-refractivity contribution is 0.631. The Labute approximate surface area is 109 Å². The predicted molar refractivity (Wildman–Crippen MR) is 71.8 cm³/mol. The zero-order valence-electron chi connectivity index (χ0n) is 9.09. The van der Waals surface area contributed by atoms with Gasteiger partial charge < -0.3 is 0 Å². The summed E-state index contributed by atoms with van der Waals surface area (Å²) < 4.78 is 3.22. The molecule has 0 bridgehead atoms. The van der Waals surface area contributed by atoms with Crippen molar-refractivity contribution in [3.05, 3.63) is 15.9 Å². The van der Waals surface area contributed by atoms with Crippen molar-refractivity contribution in [2.75, 3.05) is 11.6 Å². The van der Waals surface area contributed by atoms with E-state index in [4.69, 9.17) is 11.6 Å². The van der Waals surface area contributed by atoms with Gasteiger partial charge in [0.05, 0.1) is 15.9 Å². The molecule has 0 saturated heterocycles. The van der Waals surface area contributed by atoms with Crippen LogP contribution in [-0.4, -0.2) is 21.4 Å². The quantitative estimate of drug-likeness (QED) is 0.587. The third-order valence-corrected chi connectivity index (χ3v) is 4.47. The summed E-state index contributed by atoms with van der Waals surface area (Å²) in [5, 5.41) is 4.46. The van der Waals surface area contributed by atoms with Crippen molar-refractivity contribution in [2.24, 2.45) is 0 Å². The molecule has 1 aromatic rings. The van der Waals surface area contributed by atoms with Crippen molar-refractivity contribution in [3.8, 4) is 0 Å². The molecule has 5 heteroatoms. The maximum atomic E-state index is 5.64. The van der Waals surface area contributed by atoms with Gasteiger partial charge in [-0.25, -0.2) is 0 Å². The lowest BCUT2D eigenvalue weighted by Gasteiger charge is -2.04. The molecule has 0 N–H and O–H groups in total. The molecule has 86 valence electrons. The van der Waals surface area contributed by atoms with Gasteiger partial charge in [0.15, 0.2) is 0 Å². The van der Waals surface area contributed by atoms with Gasteiger partial charge in [-0.05, 0) is 42.0 Å². The average molecular weight is 312 g/mol. The predicted octanol–water partition coefficient (Wildman–Crippen LogP) is 3.84. The van der Waals surface area contributed by atoms with Gasteiger partial charge in [0.25, 0.3) is 0 Å². The minimum atomic E-state index is 0.750. The molecule has 1 heterocycles. The van der Waals surface area contributed by atoms with Crippen molar-refractivity contribution >= 4 is 39.3 Å². The highest BCUT2D eigenvalue weighted by Gasteiger charge is 2.11. The highest BCUT2D eigenvalue weighted by atomic mass is 79.9. The molecule has 0 spiro atoms. The van der Waals surface area contributed by atoms with E-state index in [-0.39, 0.29) is 0 Å². The summed E-state index contributed by atoms with van der Waals surface area (Å²) in [7, 11) is 0. The number of aryl methyl sites for hydroxylation is 2. The van der Waals surface area contributed by atoms with Crippen LogP contribution >= 0.6 is 39.3 Å². The Morgan fingerprint density at radius 1 is 1.53 bits per heavy atom. The molecule has 0 aliphatic heterocycles. The van der Waals surface area contributed by atoms with Crippen LogP contribution in [-0.2, 0) is 12.3 Å². The zero-order chi connectivity index (χ0) is 11.3. The molecule has 1 aromatic heterocycles. The number of aromatic nitrogens is 2. The van der Waals surface area contributed by atoms with Gasteiger partial charge in [0.2, 0.25) is 0 Å². The number of thioether (sulfide) groups is 1. The third kappa shape index (κ3) is 3.68. The van der Waals surface area contributed by atoms with Crippen LogP contribution in [0.15, 0.2) is 4.47 Å². The van der Waals surface area contributed by atoms with E-state index in [1.807, 2.05) is 18.7 Å². The minimum Gasteiger partial charge on any atom is -0.268 e. The van der Waals surface area contributed by atoms with Crippen LogP contribution in [0, 0.1) is 6.92 Å². The second-order valence-electron chi connectivity index (χ2n) is 3.26. The Balaban J connectivity index is 2.58. The molecule has 0 aromatic carbocycles. The molecule has 0 saturated carbocycles. The number of halogens is 2. The summed E-state index contributed by atoms with van der Waals surface area (Å²) in [6, 6.07) is 0. The first kappa shape index (κ1) is 13.4. The van der Waals surface area contributed by atoms with Gasteiger partial charge in [-0.15, -0.1) is 11.6 Å². The zero-order valence-corrected chi connectivity index (χ0v) is 12.3. The maximum Gasteiger partial charge on any atom is 0.0739 e. The lowest BCUT2D eigenvalue weighted by atomic mass is 10.4. The molecule has 0 radical (unpaired) electrons. The Hall–Kier alpha value is 0.330. The van der Waals surface area contributed by atoms with Crippen molar-refractivity contribution in [2.45, 2.75) is 32.6 Å². The van der Waals surface area contributed by atoms with Crippen molar-refractivity contribution in [1.29, 1.82) is 0 Å². The largest absolute Gasteiger partial charge is 0.268 e. The van der Waals surface area contributed by atoms with E-state index < -0.39 is 0 Å². The number of hydrogen-bond acceptors (Lipinski definition) is 2. The normalized spacial score (nSPS) is 10.9. The Morgan fingerprint density at radius 3 is 2.87 bits per heavy atom. The summed E-state index contributed by atoms with van der Waals surface area (Å²) in [6.07, 6.45) is 1.07. The summed E-state index contributed by atoms with van der Waals surface area (Å²) in [5.74, 6) is 2.87. The molecule has 15 heavy (non-hydrogen) atoms. The van der Waals surface area contributed by atoms with Crippen LogP contribution in [0.4, 0.5) is 0 Å². The van der Waals surface area contributed by atoms with Gasteiger partial charge in [-0.3, -0.25) is 4.68 Å². The van der Waals surface area contributed by atoms with Crippen LogP contribution in [0.3, 0.4) is 0 Å². The number of rotatable bonds is 6. The molecule has 0 unspecified atom stereocenters. The van der Waals surface area contributed by atoms with E-state index in [1.165, 1.54) is 5.69 Å². The monoisotopic (exact) mass is 310 g/mol. The van der Waals surface area contributed by atoms with E-state index in [1.54, 1.807) is 0 Å². The number of alkyl halides is 1. The van der Waals surface area contributed by atoms with Crippen molar-refractivity contribution in [3.63, 3.8) is 0 Å². The van der Waals surface area contributed by atoms with E-state index in [2.05, 4.69) is 32.6 Å². The van der Waals surface area contributed by atoms with E-state index in [0.29, 0.717) is 0 Å². The van der Waals surface area contributed by atoms with E-state index in [9.17, 15) is 0 Å². The Bertz CT molecular complexity index is 315. The van der Waals surface area contributed by atoms with Crippen LogP contribution in [0.1, 0.15) is 24.7 Å². The minimum absolute atomic E-state index is 0.750. The van der Waals surface area contributed by atoms with Crippen molar-refractivity contribution in [1.82, 2.24) is 9.78 Å². The SMILES string of the molecule is CCn1nc(C)c(Br)c1CSCCCCl. The van der Waals surface area contributed by atoms with Gasteiger partial charge in [0.1, 0.15) is 0 Å². The molecule has 0 aliphatic carbocycles. The van der Waals surface area contributed by atoms with Crippen LogP contribution < -0.4 is 0 Å². The lowest BCUT2D eigenvalue weighted by Crippen LogP contribution is -2.02. The smallest absolute Gasteiger partial charge is 0.0739 e. The van der Waals surface area contributed by atoms with Crippen LogP contribution in [0.25, 0.3) is 0 Å². The molecule has 1 rings (SSSR count). The molecule has 0 atom stereocenters. The van der Waals surface area contributed by atoms with Crippen molar-refractivity contribution < 1.29 is 0 Å². The second-order valence-corrected chi connectivity index (χ2v) is 5.53. The fourth-order valence-corrected chi connectivity index (χ4v) is 3.21. The number of nitrogens with zero attached hydrogens (tertiary/aromatic N) is 2. The highest BCUT2D eigenvalue weighted by Crippen LogP contribution is 2.25. The third-order valence-electron chi connectivity index (χ3n) is 2.11. The van der Waals surface area contributed by atoms with Gasteiger partial charge >= 0.3 is 0 Å². The first-order chi connectivity index (χ1) is 7.20. The molecular formula is C10H16BrClN2S. The summed E-state index contributed by atoms with van der Waals surface area (Å²) >= 11 is 11.1. The van der Waals surface area contributed by atoms with Crippen LogP contribution in [0.2, 0.25) is 0 Å². The molecular weight excluding hydrogens is 296 g/mol. The molecule has 0 fully saturated rings. The van der Waals surface area contributed by atoms with E-state index >= 15 is 0 Å². The highest BCUT2D eigenvalue weighted by molar-refractivity contribution is 9.10. The van der Waals surface area contributed by atoms with Gasteiger partial charge in [0, 0.05) is 18.2 Å². The van der Waals surface area contributed by atoms with E-state index in [0.717, 1.165) is 40.5 Å². The fourth-order valence-electron chi connectivity index (χ4n) is 1.33. The first-order valence-electron chi connectivity index (χ1n) is 5.06.